The van der Waals surface area contributed by atoms with Crippen molar-refractivity contribution in [3.8, 4) is 0 Å². The number of nitrogen functional groups attached to an aromatic ring is 1. The summed E-state index contributed by atoms with van der Waals surface area (Å²) in [7, 11) is 0. The molecule has 0 unspecified atom stereocenters. The van der Waals surface area contributed by atoms with Crippen LogP contribution in [0.2, 0.25) is 5.02 Å². The van der Waals surface area contributed by atoms with E-state index < -0.39 is 5.82 Å². The van der Waals surface area contributed by atoms with Crippen LogP contribution < -0.4 is 11.1 Å². The first-order valence-electron chi connectivity index (χ1n) is 5.29. The number of nitrogens with one attached hydrogen (secondary N) is 1. The summed E-state index contributed by atoms with van der Waals surface area (Å²) in [5, 5.41) is 2.55. The monoisotopic (exact) mass is 342 g/mol. The lowest BCUT2D eigenvalue weighted by Crippen LogP contribution is -2.14. The van der Waals surface area contributed by atoms with E-state index in [2.05, 4.69) is 21.2 Å². The van der Waals surface area contributed by atoms with Crippen LogP contribution in [0, 0.1) is 5.82 Å². The lowest BCUT2D eigenvalue weighted by molar-refractivity contribution is 0.102. The largest absolute Gasteiger partial charge is 0.398 e. The van der Waals surface area contributed by atoms with Crippen LogP contribution >= 0.6 is 27.5 Å². The van der Waals surface area contributed by atoms with Crippen molar-refractivity contribution in [2.24, 2.45) is 0 Å². The maximum atomic E-state index is 13.0. The number of rotatable bonds is 2. The molecule has 98 valence electrons. The molecule has 1 amide bonds. The van der Waals surface area contributed by atoms with Gasteiger partial charge in [0.2, 0.25) is 0 Å². The molecular formula is C13H9BrClFN2O. The normalized spacial score (nSPS) is 10.3. The topological polar surface area (TPSA) is 55.1 Å². The van der Waals surface area contributed by atoms with Crippen molar-refractivity contribution < 1.29 is 9.18 Å². The minimum Gasteiger partial charge on any atom is -0.398 e. The van der Waals surface area contributed by atoms with Crippen LogP contribution in [0.25, 0.3) is 0 Å². The first kappa shape index (κ1) is 13.8. The molecule has 6 heteroatoms. The smallest absolute Gasteiger partial charge is 0.257 e. The molecule has 0 fully saturated rings. The third-order valence-corrected chi connectivity index (χ3v) is 3.22. The summed E-state index contributed by atoms with van der Waals surface area (Å²) in [5.74, 6) is -0.928. The fraction of sp³-hybridized carbons (Fsp3) is 0. The number of anilines is 2. The molecular weight excluding hydrogens is 335 g/mol. The standard InChI is InChI=1S/C13H9BrClFN2O/c14-7-1-4-12(17)9(5-7)13(19)18-8-2-3-11(16)10(15)6-8/h1-6H,17H2,(H,18,19). The number of carbonyl (C=O) groups excluding carboxylic acids is 1. The summed E-state index contributed by atoms with van der Waals surface area (Å²) in [6, 6.07) is 8.91. The highest BCUT2D eigenvalue weighted by Crippen LogP contribution is 2.22. The number of carbonyl (C=O) groups is 1. The van der Waals surface area contributed by atoms with Gasteiger partial charge in [-0.25, -0.2) is 4.39 Å². The van der Waals surface area contributed by atoms with Crippen LogP contribution in [0.4, 0.5) is 15.8 Å². The molecule has 0 bridgehead atoms. The van der Waals surface area contributed by atoms with E-state index in [-0.39, 0.29) is 10.9 Å². The number of halogens is 3. The van der Waals surface area contributed by atoms with Gasteiger partial charge in [-0.15, -0.1) is 0 Å². The minimum absolute atomic E-state index is 0.0555. The number of benzene rings is 2. The molecule has 0 spiro atoms. The number of hydrogen-bond donors (Lipinski definition) is 2. The lowest BCUT2D eigenvalue weighted by Gasteiger charge is -2.08. The SMILES string of the molecule is Nc1ccc(Br)cc1C(=O)Nc1ccc(F)c(Cl)c1. The zero-order valence-electron chi connectivity index (χ0n) is 9.58. The molecule has 0 aliphatic rings. The molecule has 0 atom stereocenters. The van der Waals surface area contributed by atoms with Crippen molar-refractivity contribution in [1.82, 2.24) is 0 Å². The van der Waals surface area contributed by atoms with Gasteiger partial charge in [-0.2, -0.15) is 0 Å². The molecule has 19 heavy (non-hydrogen) atoms. The van der Waals surface area contributed by atoms with E-state index in [9.17, 15) is 9.18 Å². The van der Waals surface area contributed by atoms with E-state index in [4.69, 9.17) is 17.3 Å². The summed E-state index contributed by atoms with van der Waals surface area (Å²) < 4.78 is 13.7. The van der Waals surface area contributed by atoms with Crippen molar-refractivity contribution in [2.75, 3.05) is 11.1 Å². The average molecular weight is 344 g/mol. The highest BCUT2D eigenvalue weighted by Gasteiger charge is 2.11. The molecule has 0 heterocycles. The van der Waals surface area contributed by atoms with E-state index in [1.807, 2.05) is 0 Å². The summed E-state index contributed by atoms with van der Waals surface area (Å²) in [6.45, 7) is 0. The van der Waals surface area contributed by atoms with Gasteiger partial charge in [0.05, 0.1) is 10.6 Å². The quantitative estimate of drug-likeness (QED) is 0.807. The van der Waals surface area contributed by atoms with Gasteiger partial charge in [-0.05, 0) is 36.4 Å². The summed E-state index contributed by atoms with van der Waals surface area (Å²) >= 11 is 8.91. The van der Waals surface area contributed by atoms with Crippen LogP contribution in [-0.4, -0.2) is 5.91 Å². The van der Waals surface area contributed by atoms with Gasteiger partial charge in [0.1, 0.15) is 5.82 Å². The molecule has 2 rings (SSSR count). The van der Waals surface area contributed by atoms with Gasteiger partial charge in [0.25, 0.3) is 5.91 Å². The van der Waals surface area contributed by atoms with Crippen molar-refractivity contribution in [2.45, 2.75) is 0 Å². The fourth-order valence-corrected chi connectivity index (χ4v) is 2.04. The first-order chi connectivity index (χ1) is 8.97. The van der Waals surface area contributed by atoms with Crippen LogP contribution in [0.5, 0.6) is 0 Å². The van der Waals surface area contributed by atoms with Gasteiger partial charge in [-0.1, -0.05) is 27.5 Å². The van der Waals surface area contributed by atoms with E-state index >= 15 is 0 Å². The zero-order valence-corrected chi connectivity index (χ0v) is 11.9. The van der Waals surface area contributed by atoms with Gasteiger partial charge >= 0.3 is 0 Å². The van der Waals surface area contributed by atoms with E-state index in [1.54, 1.807) is 18.2 Å². The van der Waals surface area contributed by atoms with Gasteiger partial charge in [-0.3, -0.25) is 4.79 Å². The van der Waals surface area contributed by atoms with E-state index in [1.165, 1.54) is 18.2 Å². The van der Waals surface area contributed by atoms with Gasteiger partial charge in [0.15, 0.2) is 0 Å². The summed E-state index contributed by atoms with van der Waals surface area (Å²) in [4.78, 5) is 12.0. The number of nitrogens with two attached hydrogens (primary N) is 1. The molecule has 2 aromatic rings. The predicted molar refractivity (Wildman–Crippen MR) is 77.9 cm³/mol. The molecule has 0 saturated carbocycles. The Bertz CT molecular complexity index is 649. The third-order valence-electron chi connectivity index (χ3n) is 2.44. The molecule has 0 saturated heterocycles. The second-order valence-electron chi connectivity index (χ2n) is 3.81. The Kier molecular flexibility index (Phi) is 4.07. The highest BCUT2D eigenvalue weighted by atomic mass is 79.9. The fourth-order valence-electron chi connectivity index (χ4n) is 1.50. The third kappa shape index (κ3) is 3.24. The Morgan fingerprint density at radius 2 is 2.00 bits per heavy atom. The maximum Gasteiger partial charge on any atom is 0.257 e. The minimum atomic E-state index is -0.540. The molecule has 0 radical (unpaired) electrons. The number of hydrogen-bond acceptors (Lipinski definition) is 2. The number of amides is 1. The lowest BCUT2D eigenvalue weighted by atomic mass is 10.1. The van der Waals surface area contributed by atoms with E-state index in [0.29, 0.717) is 16.9 Å². The van der Waals surface area contributed by atoms with Crippen LogP contribution in [0.15, 0.2) is 40.9 Å². The zero-order chi connectivity index (χ0) is 14.0. The van der Waals surface area contributed by atoms with Crippen molar-refractivity contribution in [3.05, 3.63) is 57.3 Å². The van der Waals surface area contributed by atoms with Crippen LogP contribution in [-0.2, 0) is 0 Å². The Labute approximate surface area is 122 Å². The Balaban J connectivity index is 2.25. The second kappa shape index (κ2) is 5.59. The molecule has 0 aliphatic heterocycles. The molecule has 0 aliphatic carbocycles. The predicted octanol–water partition coefficient (Wildman–Crippen LogP) is 4.08. The van der Waals surface area contributed by atoms with Gasteiger partial charge < -0.3 is 11.1 Å². The van der Waals surface area contributed by atoms with Crippen molar-refractivity contribution in [1.29, 1.82) is 0 Å². The molecule has 3 nitrogen and oxygen atoms in total. The summed E-state index contributed by atoms with van der Waals surface area (Å²) in [5.41, 5.74) is 6.81. The van der Waals surface area contributed by atoms with Crippen molar-refractivity contribution in [3.63, 3.8) is 0 Å². The average Bonchev–Trinajstić information content (AvgIpc) is 2.36. The second-order valence-corrected chi connectivity index (χ2v) is 5.14. The van der Waals surface area contributed by atoms with Crippen LogP contribution in [0.3, 0.4) is 0 Å². The molecule has 0 aromatic heterocycles. The summed E-state index contributed by atoms with van der Waals surface area (Å²) in [6.07, 6.45) is 0. The van der Waals surface area contributed by atoms with E-state index in [0.717, 1.165) is 4.47 Å². The first-order valence-corrected chi connectivity index (χ1v) is 6.46. The van der Waals surface area contributed by atoms with Crippen LogP contribution in [0.1, 0.15) is 10.4 Å². The Hall–Kier alpha value is -1.59. The Morgan fingerprint density at radius 1 is 1.26 bits per heavy atom. The van der Waals surface area contributed by atoms with Crippen molar-refractivity contribution >= 4 is 44.8 Å². The highest BCUT2D eigenvalue weighted by molar-refractivity contribution is 9.10. The molecule has 3 N–H and O–H groups in total. The van der Waals surface area contributed by atoms with Gasteiger partial charge in [0, 0.05) is 15.8 Å². The maximum absolute atomic E-state index is 13.0. The Morgan fingerprint density at radius 3 is 2.68 bits per heavy atom. The molecule has 2 aromatic carbocycles.